The minimum absolute atomic E-state index is 0.00289. The number of nitrogens with zero attached hydrogens (tertiary/aromatic N) is 2. The number of carbonyl (C=O) groups is 2. The number of benzene rings is 1. The van der Waals surface area contributed by atoms with Crippen molar-refractivity contribution in [3.05, 3.63) is 39.4 Å². The van der Waals surface area contributed by atoms with E-state index in [1.807, 2.05) is 0 Å². The Bertz CT molecular complexity index is 687. The van der Waals surface area contributed by atoms with Crippen molar-refractivity contribution in [1.29, 1.82) is 0 Å². The number of carboxylic acids is 1. The lowest BCUT2D eigenvalue weighted by molar-refractivity contribution is -0.385. The number of likely N-dealkylation sites (tertiary alicyclic amines) is 1. The number of carbonyl (C=O) groups excluding carboxylic acids is 1. The number of fused-ring (bicyclic) bond motifs is 1. The molecule has 7 heteroatoms. The van der Waals surface area contributed by atoms with E-state index >= 15 is 0 Å². The maximum absolute atomic E-state index is 12.7. The van der Waals surface area contributed by atoms with Crippen LogP contribution in [0.4, 0.5) is 5.69 Å². The average molecular weight is 318 g/mol. The molecule has 23 heavy (non-hydrogen) atoms. The van der Waals surface area contributed by atoms with E-state index in [9.17, 15) is 24.8 Å². The zero-order valence-corrected chi connectivity index (χ0v) is 12.8. The number of amides is 1. The number of nitro groups is 1. The van der Waals surface area contributed by atoms with Crippen molar-refractivity contribution in [2.45, 2.75) is 32.2 Å². The number of aliphatic carboxylic acids is 1. The lowest BCUT2D eigenvalue weighted by atomic mass is 9.94. The molecule has 2 fully saturated rings. The molecule has 1 aliphatic heterocycles. The molecule has 3 unspecified atom stereocenters. The topological polar surface area (TPSA) is 101 Å². The maximum atomic E-state index is 12.7. The second-order valence-electron chi connectivity index (χ2n) is 6.35. The second kappa shape index (κ2) is 5.64. The van der Waals surface area contributed by atoms with Crippen LogP contribution in [0, 0.1) is 28.9 Å². The van der Waals surface area contributed by atoms with Crippen molar-refractivity contribution in [1.82, 2.24) is 4.90 Å². The molecule has 7 nitrogen and oxygen atoms in total. The van der Waals surface area contributed by atoms with Gasteiger partial charge in [-0.2, -0.15) is 0 Å². The fourth-order valence-electron chi connectivity index (χ4n) is 3.94. The van der Waals surface area contributed by atoms with Crippen LogP contribution < -0.4 is 0 Å². The largest absolute Gasteiger partial charge is 0.480 e. The highest BCUT2D eigenvalue weighted by atomic mass is 16.6. The summed E-state index contributed by atoms with van der Waals surface area (Å²) in [7, 11) is 0. The first kappa shape index (κ1) is 15.5. The van der Waals surface area contributed by atoms with Crippen molar-refractivity contribution in [2.24, 2.45) is 11.8 Å². The quantitative estimate of drug-likeness (QED) is 0.680. The van der Waals surface area contributed by atoms with Gasteiger partial charge in [-0.1, -0.05) is 12.5 Å². The lowest BCUT2D eigenvalue weighted by Gasteiger charge is -2.24. The molecular formula is C16H18N2O5. The van der Waals surface area contributed by atoms with Crippen molar-refractivity contribution >= 4 is 17.6 Å². The highest BCUT2D eigenvalue weighted by molar-refractivity contribution is 5.97. The summed E-state index contributed by atoms with van der Waals surface area (Å²) in [6.45, 7) is 2.02. The number of carboxylic acid groups (broad SMARTS) is 1. The Hall–Kier alpha value is -2.44. The van der Waals surface area contributed by atoms with Crippen LogP contribution in [-0.4, -0.2) is 39.4 Å². The molecule has 0 radical (unpaired) electrons. The summed E-state index contributed by atoms with van der Waals surface area (Å²) in [5.74, 6) is -1.21. The summed E-state index contributed by atoms with van der Waals surface area (Å²) in [6.07, 6.45) is 2.75. The first-order chi connectivity index (χ1) is 10.9. The van der Waals surface area contributed by atoms with Gasteiger partial charge < -0.3 is 10.0 Å². The maximum Gasteiger partial charge on any atom is 0.326 e. The van der Waals surface area contributed by atoms with Gasteiger partial charge >= 0.3 is 5.97 Å². The molecule has 1 aliphatic carbocycles. The van der Waals surface area contributed by atoms with Gasteiger partial charge in [-0.05, 0) is 37.7 Å². The lowest BCUT2D eigenvalue weighted by Crippen LogP contribution is -2.43. The molecule has 1 heterocycles. The Kier molecular flexibility index (Phi) is 3.79. The molecular weight excluding hydrogens is 300 g/mol. The molecule has 0 spiro atoms. The highest BCUT2D eigenvalue weighted by Gasteiger charge is 2.49. The summed E-state index contributed by atoms with van der Waals surface area (Å²) in [6, 6.07) is 3.47. The van der Waals surface area contributed by atoms with Crippen LogP contribution in [0.3, 0.4) is 0 Å². The predicted octanol–water partition coefficient (Wildman–Crippen LogP) is 2.23. The molecule has 0 aromatic heterocycles. The van der Waals surface area contributed by atoms with Gasteiger partial charge in [-0.3, -0.25) is 14.9 Å². The van der Waals surface area contributed by atoms with Gasteiger partial charge in [0.25, 0.3) is 11.6 Å². The van der Waals surface area contributed by atoms with Crippen LogP contribution in [0.5, 0.6) is 0 Å². The number of nitro benzene ring substituents is 1. The third-order valence-corrected chi connectivity index (χ3v) is 5.06. The Morgan fingerprint density at radius 3 is 2.74 bits per heavy atom. The molecule has 1 aromatic carbocycles. The van der Waals surface area contributed by atoms with E-state index in [1.54, 1.807) is 6.92 Å². The van der Waals surface area contributed by atoms with E-state index in [2.05, 4.69) is 0 Å². The van der Waals surface area contributed by atoms with Crippen molar-refractivity contribution in [3.8, 4) is 0 Å². The molecule has 1 saturated carbocycles. The highest BCUT2D eigenvalue weighted by Crippen LogP contribution is 2.42. The Labute approximate surface area is 133 Å². The van der Waals surface area contributed by atoms with Gasteiger partial charge in [-0.15, -0.1) is 0 Å². The summed E-state index contributed by atoms with van der Waals surface area (Å²) in [4.78, 5) is 36.2. The van der Waals surface area contributed by atoms with Gasteiger partial charge in [-0.25, -0.2) is 4.79 Å². The van der Waals surface area contributed by atoms with E-state index in [0.717, 1.165) is 19.3 Å². The average Bonchev–Trinajstić information content (AvgIpc) is 3.06. The normalized spacial score (nSPS) is 26.1. The molecule has 1 N–H and O–H groups in total. The summed E-state index contributed by atoms with van der Waals surface area (Å²) in [5, 5.41) is 20.5. The van der Waals surface area contributed by atoms with Gasteiger partial charge in [0.2, 0.25) is 0 Å². The Morgan fingerprint density at radius 1 is 1.35 bits per heavy atom. The minimum atomic E-state index is -0.991. The van der Waals surface area contributed by atoms with E-state index in [1.165, 1.54) is 23.1 Å². The smallest absolute Gasteiger partial charge is 0.326 e. The van der Waals surface area contributed by atoms with Gasteiger partial charge in [0.15, 0.2) is 0 Å². The van der Waals surface area contributed by atoms with Crippen LogP contribution in [0.15, 0.2) is 18.2 Å². The van der Waals surface area contributed by atoms with Crippen molar-refractivity contribution < 1.29 is 19.6 Å². The molecule has 3 atom stereocenters. The Balaban J connectivity index is 1.92. The SMILES string of the molecule is Cc1ccc(C(=O)N2CC3CCCC3C2C(=O)O)cc1[N+](=O)[O-]. The zero-order valence-electron chi connectivity index (χ0n) is 12.8. The zero-order chi connectivity index (χ0) is 16.7. The van der Waals surface area contributed by atoms with E-state index in [-0.39, 0.29) is 23.1 Å². The van der Waals surface area contributed by atoms with Crippen LogP contribution in [-0.2, 0) is 4.79 Å². The standard InChI is InChI=1S/C16H18N2O5/c1-9-5-6-10(7-13(9)18(22)23)15(19)17-8-11-3-2-4-12(11)14(17)16(20)21/h5-7,11-12,14H,2-4,8H2,1H3,(H,20,21). The first-order valence-electron chi connectivity index (χ1n) is 7.69. The summed E-state index contributed by atoms with van der Waals surface area (Å²) >= 11 is 0. The van der Waals surface area contributed by atoms with Crippen molar-refractivity contribution in [2.75, 3.05) is 6.54 Å². The second-order valence-corrected chi connectivity index (χ2v) is 6.35. The van der Waals surface area contributed by atoms with Crippen LogP contribution >= 0.6 is 0 Å². The Morgan fingerprint density at radius 2 is 2.09 bits per heavy atom. The third-order valence-electron chi connectivity index (χ3n) is 5.06. The molecule has 1 aromatic rings. The summed E-state index contributed by atoms with van der Waals surface area (Å²) in [5.41, 5.74) is 0.523. The van der Waals surface area contributed by atoms with Gasteiger partial charge in [0.05, 0.1) is 4.92 Å². The monoisotopic (exact) mass is 318 g/mol. The minimum Gasteiger partial charge on any atom is -0.480 e. The fourth-order valence-corrected chi connectivity index (χ4v) is 3.94. The number of hydrogen-bond acceptors (Lipinski definition) is 4. The first-order valence-corrected chi connectivity index (χ1v) is 7.69. The number of hydrogen-bond donors (Lipinski definition) is 1. The molecule has 3 rings (SSSR count). The third kappa shape index (κ3) is 2.56. The van der Waals surface area contributed by atoms with Crippen LogP contribution in [0.25, 0.3) is 0 Å². The summed E-state index contributed by atoms with van der Waals surface area (Å²) < 4.78 is 0. The van der Waals surface area contributed by atoms with E-state index in [4.69, 9.17) is 0 Å². The van der Waals surface area contributed by atoms with Crippen LogP contribution in [0.1, 0.15) is 35.2 Å². The van der Waals surface area contributed by atoms with Gasteiger partial charge in [0, 0.05) is 23.7 Å². The molecule has 1 saturated heterocycles. The number of rotatable bonds is 3. The van der Waals surface area contributed by atoms with Gasteiger partial charge in [0.1, 0.15) is 6.04 Å². The van der Waals surface area contributed by atoms with E-state index < -0.39 is 22.8 Å². The molecule has 122 valence electrons. The molecule has 0 bridgehead atoms. The molecule has 2 aliphatic rings. The molecule has 1 amide bonds. The van der Waals surface area contributed by atoms with E-state index in [0.29, 0.717) is 12.1 Å². The van der Waals surface area contributed by atoms with Crippen molar-refractivity contribution in [3.63, 3.8) is 0 Å². The fraction of sp³-hybridized carbons (Fsp3) is 0.500. The number of aryl methyl sites for hydroxylation is 1. The van der Waals surface area contributed by atoms with Crippen LogP contribution in [0.2, 0.25) is 0 Å². The predicted molar refractivity (Wildman–Crippen MR) is 81.1 cm³/mol.